The highest BCUT2D eigenvalue weighted by molar-refractivity contribution is 7.17. The summed E-state index contributed by atoms with van der Waals surface area (Å²) in [6.45, 7) is 4.39. The van der Waals surface area contributed by atoms with Gasteiger partial charge >= 0.3 is 0 Å². The maximum atomic E-state index is 3.49. The second kappa shape index (κ2) is 5.39. The number of hydrogen-bond donors (Lipinski definition) is 1. The topological polar surface area (TPSA) is 12.0 Å². The van der Waals surface area contributed by atoms with Gasteiger partial charge in [-0.15, -0.1) is 11.3 Å². The zero-order valence-electron chi connectivity index (χ0n) is 12.1. The number of hydrogen-bond acceptors (Lipinski definition) is 2. The number of fused-ring (bicyclic) bond motifs is 1. The van der Waals surface area contributed by atoms with E-state index in [-0.39, 0.29) is 6.04 Å². The second-order valence-electron chi connectivity index (χ2n) is 5.20. The second-order valence-corrected chi connectivity index (χ2v) is 6.11. The first-order valence-electron chi connectivity index (χ1n) is 6.92. The van der Waals surface area contributed by atoms with Crippen LogP contribution in [0.15, 0.2) is 47.8 Å². The predicted molar refractivity (Wildman–Crippen MR) is 88.6 cm³/mol. The van der Waals surface area contributed by atoms with Crippen molar-refractivity contribution in [3.63, 3.8) is 0 Å². The summed E-state index contributed by atoms with van der Waals surface area (Å²) in [7, 11) is 2.04. The molecule has 3 aromatic rings. The van der Waals surface area contributed by atoms with Crippen molar-refractivity contribution in [3.8, 4) is 0 Å². The minimum absolute atomic E-state index is 0.256. The van der Waals surface area contributed by atoms with E-state index in [1.807, 2.05) is 18.4 Å². The van der Waals surface area contributed by atoms with Gasteiger partial charge in [0, 0.05) is 4.70 Å². The van der Waals surface area contributed by atoms with E-state index in [0.717, 1.165) is 0 Å². The lowest BCUT2D eigenvalue weighted by Crippen LogP contribution is -2.18. The zero-order chi connectivity index (χ0) is 14.1. The van der Waals surface area contributed by atoms with Gasteiger partial charge in [-0.3, -0.25) is 0 Å². The molecular weight excluding hydrogens is 262 g/mol. The van der Waals surface area contributed by atoms with Crippen molar-refractivity contribution >= 4 is 21.4 Å². The fourth-order valence-corrected chi connectivity index (χ4v) is 3.77. The Labute approximate surface area is 124 Å². The van der Waals surface area contributed by atoms with Crippen molar-refractivity contribution in [2.24, 2.45) is 0 Å². The fourth-order valence-electron chi connectivity index (χ4n) is 2.79. The summed E-state index contributed by atoms with van der Waals surface area (Å²) in [4.78, 5) is 0. The first-order valence-corrected chi connectivity index (χ1v) is 7.80. The first kappa shape index (κ1) is 13.3. The molecule has 0 saturated carbocycles. The normalized spacial score (nSPS) is 12.8. The summed E-state index contributed by atoms with van der Waals surface area (Å²) in [5, 5.41) is 7.13. The first-order chi connectivity index (χ1) is 9.72. The maximum Gasteiger partial charge on any atom is 0.0591 e. The Kier molecular flexibility index (Phi) is 3.60. The molecule has 0 aliphatic carbocycles. The Morgan fingerprint density at radius 1 is 0.950 bits per heavy atom. The predicted octanol–water partition coefficient (Wildman–Crippen LogP) is 4.83. The summed E-state index contributed by atoms with van der Waals surface area (Å²) in [6, 6.07) is 15.5. The molecule has 0 saturated heterocycles. The molecule has 0 radical (unpaired) electrons. The molecule has 0 amide bonds. The lowest BCUT2D eigenvalue weighted by molar-refractivity contribution is 0.693. The van der Waals surface area contributed by atoms with Crippen LogP contribution in [0.25, 0.3) is 10.1 Å². The molecule has 0 bridgehead atoms. The van der Waals surface area contributed by atoms with Gasteiger partial charge in [0.2, 0.25) is 0 Å². The molecule has 2 heteroatoms. The van der Waals surface area contributed by atoms with Crippen LogP contribution in [0.1, 0.15) is 28.3 Å². The smallest absolute Gasteiger partial charge is 0.0591 e. The highest BCUT2D eigenvalue weighted by atomic mass is 32.1. The van der Waals surface area contributed by atoms with Crippen LogP contribution in [0.5, 0.6) is 0 Å². The SMILES string of the molecule is CNC(c1cccc(C)c1C)c1csc2ccccc12. The van der Waals surface area contributed by atoms with Gasteiger partial charge in [0.25, 0.3) is 0 Å². The summed E-state index contributed by atoms with van der Waals surface area (Å²) < 4.78 is 1.35. The minimum atomic E-state index is 0.256. The van der Waals surface area contributed by atoms with Crippen LogP contribution < -0.4 is 5.32 Å². The average Bonchev–Trinajstić information content (AvgIpc) is 2.88. The molecule has 20 heavy (non-hydrogen) atoms. The van der Waals surface area contributed by atoms with Gasteiger partial charge in [-0.05, 0) is 60.0 Å². The Morgan fingerprint density at radius 2 is 1.75 bits per heavy atom. The number of benzene rings is 2. The van der Waals surface area contributed by atoms with Gasteiger partial charge < -0.3 is 5.32 Å². The van der Waals surface area contributed by atoms with Crippen LogP contribution in [-0.4, -0.2) is 7.05 Å². The van der Waals surface area contributed by atoms with Crippen LogP contribution in [0.2, 0.25) is 0 Å². The Balaban J connectivity index is 2.17. The van der Waals surface area contributed by atoms with Crippen LogP contribution in [0, 0.1) is 13.8 Å². The third-order valence-corrected chi connectivity index (χ3v) is 5.05. The van der Waals surface area contributed by atoms with Crippen molar-refractivity contribution in [1.82, 2.24) is 5.32 Å². The average molecular weight is 281 g/mol. The van der Waals surface area contributed by atoms with Crippen molar-refractivity contribution in [2.75, 3.05) is 7.05 Å². The highest BCUT2D eigenvalue weighted by Gasteiger charge is 2.18. The van der Waals surface area contributed by atoms with Gasteiger partial charge in [0.05, 0.1) is 6.04 Å². The van der Waals surface area contributed by atoms with Gasteiger partial charge in [-0.1, -0.05) is 36.4 Å². The standard InChI is InChI=1S/C18H19NS/c1-12-7-6-9-14(13(12)2)18(19-3)16-11-20-17-10-5-4-8-15(16)17/h4-11,18-19H,1-3H3. The molecule has 0 spiro atoms. The Hall–Kier alpha value is -1.64. The number of aryl methyl sites for hydroxylation is 1. The summed E-state index contributed by atoms with van der Waals surface area (Å²) in [5.41, 5.74) is 5.47. The third-order valence-electron chi connectivity index (χ3n) is 4.07. The van der Waals surface area contributed by atoms with Crippen molar-refractivity contribution in [2.45, 2.75) is 19.9 Å². The molecule has 1 nitrogen and oxygen atoms in total. The largest absolute Gasteiger partial charge is 0.309 e. The summed E-state index contributed by atoms with van der Waals surface area (Å²) in [6.07, 6.45) is 0. The molecule has 2 aromatic carbocycles. The molecule has 102 valence electrons. The van der Waals surface area contributed by atoms with E-state index in [0.29, 0.717) is 0 Å². The molecule has 1 unspecified atom stereocenters. The monoisotopic (exact) mass is 281 g/mol. The van der Waals surface area contributed by atoms with Crippen LogP contribution in [0.3, 0.4) is 0 Å². The molecule has 0 aliphatic rings. The molecule has 1 atom stereocenters. The van der Waals surface area contributed by atoms with Gasteiger partial charge in [-0.2, -0.15) is 0 Å². The van der Waals surface area contributed by atoms with Crippen molar-refractivity contribution in [1.29, 1.82) is 0 Å². The molecule has 1 aromatic heterocycles. The van der Waals surface area contributed by atoms with E-state index < -0.39 is 0 Å². The fraction of sp³-hybridized carbons (Fsp3) is 0.222. The molecule has 1 heterocycles. The Morgan fingerprint density at radius 3 is 2.55 bits per heavy atom. The van der Waals surface area contributed by atoms with E-state index in [4.69, 9.17) is 0 Å². The summed E-state index contributed by atoms with van der Waals surface area (Å²) in [5.74, 6) is 0. The van der Waals surface area contributed by atoms with Crippen molar-refractivity contribution < 1.29 is 0 Å². The Bertz CT molecular complexity index is 742. The molecule has 0 fully saturated rings. The van der Waals surface area contributed by atoms with E-state index in [9.17, 15) is 0 Å². The van der Waals surface area contributed by atoms with E-state index in [1.165, 1.54) is 32.3 Å². The quantitative estimate of drug-likeness (QED) is 0.725. The van der Waals surface area contributed by atoms with E-state index in [1.54, 1.807) is 0 Å². The number of thiophene rings is 1. The zero-order valence-corrected chi connectivity index (χ0v) is 12.9. The lowest BCUT2D eigenvalue weighted by Gasteiger charge is -2.20. The van der Waals surface area contributed by atoms with Crippen LogP contribution >= 0.6 is 11.3 Å². The highest BCUT2D eigenvalue weighted by Crippen LogP contribution is 2.34. The van der Waals surface area contributed by atoms with Crippen molar-refractivity contribution in [3.05, 3.63) is 70.1 Å². The number of rotatable bonds is 3. The van der Waals surface area contributed by atoms with Crippen LogP contribution in [0.4, 0.5) is 0 Å². The van der Waals surface area contributed by atoms with Gasteiger partial charge in [0.1, 0.15) is 0 Å². The molecule has 0 aliphatic heterocycles. The maximum absolute atomic E-state index is 3.49. The molecule has 3 rings (SSSR count). The third kappa shape index (κ3) is 2.15. The minimum Gasteiger partial charge on any atom is -0.309 e. The lowest BCUT2D eigenvalue weighted by atomic mass is 9.92. The summed E-state index contributed by atoms with van der Waals surface area (Å²) >= 11 is 1.82. The number of nitrogens with one attached hydrogen (secondary N) is 1. The molecular formula is C18H19NS. The van der Waals surface area contributed by atoms with Gasteiger partial charge in [-0.25, -0.2) is 0 Å². The molecule has 1 N–H and O–H groups in total. The van der Waals surface area contributed by atoms with Crippen LogP contribution in [-0.2, 0) is 0 Å². The van der Waals surface area contributed by atoms with Gasteiger partial charge in [0.15, 0.2) is 0 Å². The van der Waals surface area contributed by atoms with E-state index in [2.05, 4.69) is 67.0 Å². The van der Waals surface area contributed by atoms with E-state index >= 15 is 0 Å².